The van der Waals surface area contributed by atoms with Crippen LogP contribution in [0.3, 0.4) is 0 Å². The van der Waals surface area contributed by atoms with Gasteiger partial charge in [0.15, 0.2) is 5.82 Å². The molecule has 0 amide bonds. The van der Waals surface area contributed by atoms with E-state index in [0.29, 0.717) is 42.1 Å². The molecule has 1 N–H and O–H groups in total. The number of ether oxygens (including phenoxy) is 2. The van der Waals surface area contributed by atoms with Crippen molar-refractivity contribution in [1.82, 2.24) is 29.7 Å². The molecule has 1 aliphatic heterocycles. The maximum atomic E-state index is 13.1. The highest BCUT2D eigenvalue weighted by Gasteiger charge is 2.23. The Bertz CT molecular complexity index is 1080. The fourth-order valence-electron chi connectivity index (χ4n) is 3.60. The minimum absolute atomic E-state index is 0.0338. The number of aromatic nitrogens is 6. The summed E-state index contributed by atoms with van der Waals surface area (Å²) in [4.78, 5) is 13.1. The van der Waals surface area contributed by atoms with E-state index < -0.39 is 11.0 Å². The van der Waals surface area contributed by atoms with Crippen molar-refractivity contribution in [1.29, 1.82) is 0 Å². The van der Waals surface area contributed by atoms with Crippen molar-refractivity contribution < 1.29 is 13.7 Å². The summed E-state index contributed by atoms with van der Waals surface area (Å²) in [5.74, 6) is 2.12. The Labute approximate surface area is 195 Å². The molecule has 1 aliphatic rings. The number of hydrogen-bond donors (Lipinski definition) is 1. The lowest BCUT2D eigenvalue weighted by Gasteiger charge is -2.24. The largest absolute Gasteiger partial charge is 0.481 e. The molecule has 11 heteroatoms. The van der Waals surface area contributed by atoms with Gasteiger partial charge in [0.1, 0.15) is 22.5 Å². The lowest BCUT2D eigenvalue weighted by Crippen LogP contribution is -2.27. The molecule has 1 fully saturated rings. The molecule has 0 aliphatic carbocycles. The highest BCUT2D eigenvalue weighted by molar-refractivity contribution is 7.86. The van der Waals surface area contributed by atoms with Crippen LogP contribution in [0.4, 0.5) is 5.95 Å². The topological polar surface area (TPSA) is 117 Å². The van der Waals surface area contributed by atoms with E-state index in [1.165, 1.54) is 0 Å². The number of anilines is 1. The van der Waals surface area contributed by atoms with E-state index in [1.807, 2.05) is 30.5 Å². The van der Waals surface area contributed by atoms with Crippen LogP contribution in [-0.4, -0.2) is 59.0 Å². The molecular weight excluding hydrogens is 442 g/mol. The van der Waals surface area contributed by atoms with Crippen LogP contribution < -0.4 is 9.46 Å². The number of methoxy groups -OCH3 is 1. The summed E-state index contributed by atoms with van der Waals surface area (Å²) in [7, 11) is 0.145. The zero-order chi connectivity index (χ0) is 23.2. The fourth-order valence-corrected chi connectivity index (χ4v) is 4.43. The van der Waals surface area contributed by atoms with Gasteiger partial charge in [0.25, 0.3) is 0 Å². The van der Waals surface area contributed by atoms with Crippen LogP contribution in [0.25, 0.3) is 11.5 Å². The molecule has 3 aromatic rings. The van der Waals surface area contributed by atoms with Crippen LogP contribution in [0.2, 0.25) is 0 Å². The third-order valence-electron chi connectivity index (χ3n) is 5.43. The molecule has 3 aromatic heterocycles. The lowest BCUT2D eigenvalue weighted by molar-refractivity contribution is 0.00651. The normalized spacial score (nSPS) is 18.0. The molecule has 4 rings (SSSR count). The van der Waals surface area contributed by atoms with Gasteiger partial charge < -0.3 is 9.47 Å². The number of nitrogens with one attached hydrogen (secondary N) is 1. The first-order chi connectivity index (χ1) is 16.0. The predicted molar refractivity (Wildman–Crippen MR) is 125 cm³/mol. The molecule has 3 atom stereocenters. The van der Waals surface area contributed by atoms with Crippen molar-refractivity contribution in [2.45, 2.75) is 57.4 Å². The van der Waals surface area contributed by atoms with Crippen molar-refractivity contribution in [3.63, 3.8) is 0 Å². The van der Waals surface area contributed by atoms with E-state index in [0.717, 1.165) is 31.4 Å². The van der Waals surface area contributed by atoms with Crippen LogP contribution in [-0.2, 0) is 28.7 Å². The minimum Gasteiger partial charge on any atom is -0.481 e. The summed E-state index contributed by atoms with van der Waals surface area (Å²) < 4.78 is 29.2. The average molecular weight is 472 g/mol. The second kappa shape index (κ2) is 10.8. The van der Waals surface area contributed by atoms with E-state index in [9.17, 15) is 4.21 Å². The average Bonchev–Trinajstić information content (AvgIpc) is 3.23. The van der Waals surface area contributed by atoms with Crippen LogP contribution in [0.1, 0.15) is 37.6 Å². The smallest absolute Gasteiger partial charge is 0.236 e. The molecule has 1 saturated heterocycles. The Morgan fingerprint density at radius 2 is 2.09 bits per heavy atom. The minimum atomic E-state index is -1.43. The molecule has 0 spiro atoms. The van der Waals surface area contributed by atoms with Gasteiger partial charge in [-0.3, -0.25) is 9.29 Å². The van der Waals surface area contributed by atoms with E-state index in [2.05, 4.69) is 29.9 Å². The van der Waals surface area contributed by atoms with E-state index >= 15 is 0 Å². The van der Waals surface area contributed by atoms with Gasteiger partial charge in [-0.2, -0.15) is 0 Å². The lowest BCUT2D eigenvalue weighted by atomic mass is 10.1. The maximum Gasteiger partial charge on any atom is 0.236 e. The second-order valence-electron chi connectivity index (χ2n) is 8.10. The Hall–Kier alpha value is -2.92. The highest BCUT2D eigenvalue weighted by atomic mass is 32.2. The first kappa shape index (κ1) is 23.2. The Balaban J connectivity index is 1.56. The molecule has 0 radical (unpaired) electrons. The van der Waals surface area contributed by atoms with E-state index in [-0.39, 0.29) is 11.4 Å². The third kappa shape index (κ3) is 5.91. The van der Waals surface area contributed by atoms with Crippen molar-refractivity contribution in [2.75, 3.05) is 18.4 Å². The van der Waals surface area contributed by atoms with E-state index in [1.54, 1.807) is 25.6 Å². The summed E-state index contributed by atoms with van der Waals surface area (Å²) in [6.07, 6.45) is 7.17. The molecule has 0 saturated carbocycles. The Kier molecular flexibility index (Phi) is 7.61. The second-order valence-corrected chi connectivity index (χ2v) is 9.71. The monoisotopic (exact) mass is 471 g/mol. The standard InChI is InChI=1S/C22H29N7O3S/c1-15-12-23-19(24-13-15)11-16(2)33(30)28-22-27-26-21(18-8-6-9-20(25-18)31-3)29(22)14-17-7-4-5-10-32-17/h6,8-9,12-13,16-17H,4-5,7,10-11,14H2,1-3H3,(H,27,28). The zero-order valence-corrected chi connectivity index (χ0v) is 19.9. The van der Waals surface area contributed by atoms with Gasteiger partial charge in [-0.15, -0.1) is 10.2 Å². The summed E-state index contributed by atoms with van der Waals surface area (Å²) in [5, 5.41) is 8.41. The fraction of sp³-hybridized carbons (Fsp3) is 0.500. The molecule has 0 bridgehead atoms. The van der Waals surface area contributed by atoms with Gasteiger partial charge in [-0.25, -0.2) is 19.2 Å². The van der Waals surface area contributed by atoms with Crippen LogP contribution in [0.15, 0.2) is 30.6 Å². The van der Waals surface area contributed by atoms with Crippen molar-refractivity contribution in [3.05, 3.63) is 42.0 Å². The number of rotatable bonds is 9. The number of pyridine rings is 1. The van der Waals surface area contributed by atoms with Gasteiger partial charge in [0.2, 0.25) is 11.8 Å². The van der Waals surface area contributed by atoms with Gasteiger partial charge in [0.05, 0.1) is 25.0 Å². The summed E-state index contributed by atoms with van der Waals surface area (Å²) in [5.41, 5.74) is 1.61. The third-order valence-corrected chi connectivity index (χ3v) is 6.72. The molecule has 33 heavy (non-hydrogen) atoms. The molecular formula is C22H29N7O3S. The van der Waals surface area contributed by atoms with Gasteiger partial charge >= 0.3 is 0 Å². The first-order valence-corrected chi connectivity index (χ1v) is 12.3. The summed E-state index contributed by atoms with van der Waals surface area (Å²) in [6.45, 7) is 5.10. The number of aryl methyl sites for hydroxylation is 1. The molecule has 10 nitrogen and oxygen atoms in total. The molecule has 0 aromatic carbocycles. The van der Waals surface area contributed by atoms with Crippen LogP contribution in [0, 0.1) is 6.92 Å². The van der Waals surface area contributed by atoms with Crippen molar-refractivity contribution in [3.8, 4) is 17.4 Å². The first-order valence-electron chi connectivity index (χ1n) is 11.0. The van der Waals surface area contributed by atoms with Crippen LogP contribution in [0.5, 0.6) is 5.88 Å². The van der Waals surface area contributed by atoms with Crippen molar-refractivity contribution >= 4 is 16.9 Å². The van der Waals surface area contributed by atoms with E-state index in [4.69, 9.17) is 9.47 Å². The summed E-state index contributed by atoms with van der Waals surface area (Å²) in [6, 6.07) is 5.48. The Morgan fingerprint density at radius 1 is 1.27 bits per heavy atom. The molecule has 176 valence electrons. The highest BCUT2D eigenvalue weighted by Crippen LogP contribution is 2.24. The Morgan fingerprint density at radius 3 is 2.82 bits per heavy atom. The van der Waals surface area contributed by atoms with Crippen molar-refractivity contribution in [2.24, 2.45) is 0 Å². The quantitative estimate of drug-likeness (QED) is 0.506. The maximum absolute atomic E-state index is 13.1. The van der Waals surface area contributed by atoms with Gasteiger partial charge in [0, 0.05) is 31.5 Å². The predicted octanol–water partition coefficient (Wildman–Crippen LogP) is 2.72. The number of hydrogen-bond acceptors (Lipinski definition) is 8. The summed E-state index contributed by atoms with van der Waals surface area (Å²) >= 11 is 0. The SMILES string of the molecule is COc1cccc(-c2nnc(NS(=O)C(C)Cc3ncc(C)cn3)n2CC2CCCCO2)n1. The van der Waals surface area contributed by atoms with Crippen LogP contribution >= 0.6 is 0 Å². The molecule has 3 unspecified atom stereocenters. The molecule has 4 heterocycles. The zero-order valence-electron chi connectivity index (χ0n) is 19.1. The van der Waals surface area contributed by atoms with Gasteiger partial charge in [-0.05, 0) is 44.7 Å². The van der Waals surface area contributed by atoms with Gasteiger partial charge in [-0.1, -0.05) is 6.07 Å². The number of nitrogens with zero attached hydrogens (tertiary/aromatic N) is 6.